The fourth-order valence-electron chi connectivity index (χ4n) is 1.08. The maximum Gasteiger partial charge on any atom is 0.162 e. The van der Waals surface area contributed by atoms with Gasteiger partial charge < -0.3 is 4.74 Å². The van der Waals surface area contributed by atoms with E-state index in [4.69, 9.17) is 4.74 Å². The first-order valence-corrected chi connectivity index (χ1v) is 4.58. The largest absolute Gasteiger partial charge is 0.494 e. The van der Waals surface area contributed by atoms with Crippen LogP contribution in [0.15, 0.2) is 18.2 Å². The minimum absolute atomic E-state index is 0.0820. The molecule has 1 rings (SSSR count). The number of benzene rings is 1. The number of rotatable bonds is 4. The van der Waals surface area contributed by atoms with E-state index in [1.165, 1.54) is 25.1 Å². The van der Waals surface area contributed by atoms with Gasteiger partial charge in [0.05, 0.1) is 12.2 Å². The van der Waals surface area contributed by atoms with Gasteiger partial charge in [0, 0.05) is 0 Å². The molecule has 0 spiro atoms. The van der Waals surface area contributed by atoms with Crippen molar-refractivity contribution in [1.29, 1.82) is 0 Å². The van der Waals surface area contributed by atoms with Gasteiger partial charge in [0.25, 0.3) is 0 Å². The zero-order chi connectivity index (χ0) is 10.6. The topological polar surface area (TPSA) is 26.3 Å². The van der Waals surface area contributed by atoms with Gasteiger partial charge in [-0.25, -0.2) is 4.39 Å². The van der Waals surface area contributed by atoms with Crippen LogP contribution in [-0.2, 0) is 0 Å². The molecule has 2 nitrogen and oxygen atoms in total. The minimum Gasteiger partial charge on any atom is -0.494 e. The summed E-state index contributed by atoms with van der Waals surface area (Å²) < 4.78 is 18.3. The Morgan fingerprint density at radius 1 is 1.50 bits per heavy atom. The van der Waals surface area contributed by atoms with Crippen LogP contribution in [0.25, 0.3) is 0 Å². The highest BCUT2D eigenvalue weighted by Gasteiger charge is 2.08. The predicted molar refractivity (Wildman–Crippen MR) is 52.2 cm³/mol. The monoisotopic (exact) mass is 196 g/mol. The number of halogens is 1. The lowest BCUT2D eigenvalue weighted by atomic mass is 10.1. The minimum atomic E-state index is -0.499. The predicted octanol–water partition coefficient (Wildman–Crippen LogP) is 2.82. The highest BCUT2D eigenvalue weighted by Crippen LogP contribution is 2.17. The summed E-state index contributed by atoms with van der Waals surface area (Å²) >= 11 is 0. The Morgan fingerprint density at radius 2 is 2.21 bits per heavy atom. The Balaban J connectivity index is 2.89. The van der Waals surface area contributed by atoms with E-state index >= 15 is 0 Å². The van der Waals surface area contributed by atoms with E-state index in [9.17, 15) is 9.18 Å². The Bertz CT molecular complexity index is 334. The van der Waals surface area contributed by atoms with Crippen molar-refractivity contribution in [2.24, 2.45) is 0 Å². The van der Waals surface area contributed by atoms with Crippen LogP contribution in [0.1, 0.15) is 30.6 Å². The molecule has 14 heavy (non-hydrogen) atoms. The summed E-state index contributed by atoms with van der Waals surface area (Å²) in [6, 6.07) is 4.21. The molecular formula is C11H13FO2. The van der Waals surface area contributed by atoms with E-state index in [1.807, 2.05) is 6.92 Å². The van der Waals surface area contributed by atoms with Crippen LogP contribution in [0.4, 0.5) is 4.39 Å². The molecule has 0 unspecified atom stereocenters. The van der Waals surface area contributed by atoms with Crippen molar-refractivity contribution in [3.63, 3.8) is 0 Å². The molecule has 0 radical (unpaired) electrons. The summed E-state index contributed by atoms with van der Waals surface area (Å²) in [5.41, 5.74) is 0.0820. The molecule has 0 amide bonds. The zero-order valence-electron chi connectivity index (χ0n) is 8.34. The van der Waals surface area contributed by atoms with Crippen molar-refractivity contribution in [3.8, 4) is 5.75 Å². The van der Waals surface area contributed by atoms with Gasteiger partial charge in [0.2, 0.25) is 0 Å². The number of hydrogen-bond donors (Lipinski definition) is 0. The second kappa shape index (κ2) is 4.74. The Hall–Kier alpha value is -1.38. The van der Waals surface area contributed by atoms with E-state index in [-0.39, 0.29) is 11.3 Å². The van der Waals surface area contributed by atoms with Crippen LogP contribution in [0.3, 0.4) is 0 Å². The van der Waals surface area contributed by atoms with Crippen LogP contribution in [0.2, 0.25) is 0 Å². The van der Waals surface area contributed by atoms with Gasteiger partial charge in [-0.3, -0.25) is 4.79 Å². The van der Waals surface area contributed by atoms with Gasteiger partial charge in [-0.1, -0.05) is 6.92 Å². The van der Waals surface area contributed by atoms with Crippen molar-refractivity contribution in [2.75, 3.05) is 6.61 Å². The highest BCUT2D eigenvalue weighted by molar-refractivity contribution is 5.94. The van der Waals surface area contributed by atoms with E-state index in [1.54, 1.807) is 0 Å². The Kier molecular flexibility index (Phi) is 3.63. The summed E-state index contributed by atoms with van der Waals surface area (Å²) in [5.74, 6) is -0.246. The van der Waals surface area contributed by atoms with Crippen LogP contribution >= 0.6 is 0 Å². The van der Waals surface area contributed by atoms with Gasteiger partial charge in [-0.15, -0.1) is 0 Å². The van der Waals surface area contributed by atoms with E-state index < -0.39 is 5.82 Å². The molecule has 76 valence electrons. The average molecular weight is 196 g/mol. The van der Waals surface area contributed by atoms with Crippen molar-refractivity contribution >= 4 is 5.78 Å². The quantitative estimate of drug-likeness (QED) is 0.692. The molecule has 1 aromatic rings. The van der Waals surface area contributed by atoms with Crippen molar-refractivity contribution in [2.45, 2.75) is 20.3 Å². The molecule has 0 aromatic heterocycles. The maximum absolute atomic E-state index is 13.1. The first-order valence-electron chi connectivity index (χ1n) is 4.58. The van der Waals surface area contributed by atoms with E-state index in [0.717, 1.165) is 6.42 Å². The molecule has 0 aliphatic rings. The van der Waals surface area contributed by atoms with Gasteiger partial charge in [-0.2, -0.15) is 0 Å². The first kappa shape index (κ1) is 10.7. The maximum atomic E-state index is 13.1. The summed E-state index contributed by atoms with van der Waals surface area (Å²) in [6.07, 6.45) is 0.882. The first-order chi connectivity index (χ1) is 6.65. The lowest BCUT2D eigenvalue weighted by Crippen LogP contribution is -2.00. The number of Topliss-reactive ketones (excluding diaryl/α,β-unsaturated/α-hetero) is 1. The van der Waals surface area contributed by atoms with E-state index in [0.29, 0.717) is 12.4 Å². The molecule has 0 bridgehead atoms. The van der Waals surface area contributed by atoms with Crippen molar-refractivity contribution in [1.82, 2.24) is 0 Å². The summed E-state index contributed by atoms with van der Waals surface area (Å²) in [6.45, 7) is 3.89. The second-order valence-corrected chi connectivity index (χ2v) is 3.05. The van der Waals surface area contributed by atoms with Crippen LogP contribution in [-0.4, -0.2) is 12.4 Å². The molecule has 0 aliphatic carbocycles. The summed E-state index contributed by atoms with van der Waals surface area (Å²) in [7, 11) is 0. The van der Waals surface area contributed by atoms with Crippen molar-refractivity contribution < 1.29 is 13.9 Å². The molecule has 0 saturated heterocycles. The van der Waals surface area contributed by atoms with Crippen LogP contribution in [0, 0.1) is 5.82 Å². The van der Waals surface area contributed by atoms with Crippen molar-refractivity contribution in [3.05, 3.63) is 29.6 Å². The molecule has 0 N–H and O–H groups in total. The standard InChI is InChI=1S/C11H13FO2/c1-3-6-14-9-4-5-11(12)10(7-9)8(2)13/h4-5,7H,3,6H2,1-2H3. The third-order valence-corrected chi connectivity index (χ3v) is 1.79. The molecule has 0 saturated carbocycles. The molecule has 0 atom stereocenters. The van der Waals surface area contributed by atoms with Crippen LogP contribution < -0.4 is 4.74 Å². The highest BCUT2D eigenvalue weighted by atomic mass is 19.1. The SMILES string of the molecule is CCCOc1ccc(F)c(C(C)=O)c1. The number of carbonyl (C=O) groups is 1. The lowest BCUT2D eigenvalue weighted by Gasteiger charge is -2.05. The third kappa shape index (κ3) is 2.55. The molecule has 1 aromatic carbocycles. The molecule has 0 heterocycles. The van der Waals surface area contributed by atoms with Gasteiger partial charge in [0.1, 0.15) is 11.6 Å². The number of ether oxygens (including phenoxy) is 1. The number of carbonyl (C=O) groups excluding carboxylic acids is 1. The van der Waals surface area contributed by atoms with E-state index in [2.05, 4.69) is 0 Å². The van der Waals surface area contributed by atoms with Gasteiger partial charge in [-0.05, 0) is 31.5 Å². The average Bonchev–Trinajstić information content (AvgIpc) is 2.16. The fourth-order valence-corrected chi connectivity index (χ4v) is 1.08. The normalized spacial score (nSPS) is 9.93. The number of ketones is 1. The Labute approximate surface area is 82.7 Å². The third-order valence-electron chi connectivity index (χ3n) is 1.79. The number of hydrogen-bond acceptors (Lipinski definition) is 2. The molecule has 0 fully saturated rings. The van der Waals surface area contributed by atoms with Gasteiger partial charge in [0.15, 0.2) is 5.78 Å². The molecule has 0 aliphatic heterocycles. The fraction of sp³-hybridized carbons (Fsp3) is 0.364. The molecule has 3 heteroatoms. The second-order valence-electron chi connectivity index (χ2n) is 3.05. The summed E-state index contributed by atoms with van der Waals surface area (Å²) in [5, 5.41) is 0. The summed E-state index contributed by atoms with van der Waals surface area (Å²) in [4.78, 5) is 11.0. The van der Waals surface area contributed by atoms with Crippen LogP contribution in [0.5, 0.6) is 5.75 Å². The zero-order valence-corrected chi connectivity index (χ0v) is 8.34. The van der Waals surface area contributed by atoms with Gasteiger partial charge >= 0.3 is 0 Å². The smallest absolute Gasteiger partial charge is 0.162 e. The lowest BCUT2D eigenvalue weighted by molar-refractivity contribution is 0.101. The molecular weight excluding hydrogens is 183 g/mol. The Morgan fingerprint density at radius 3 is 2.79 bits per heavy atom.